The highest BCUT2D eigenvalue weighted by Crippen LogP contribution is 2.28. The predicted molar refractivity (Wildman–Crippen MR) is 77.0 cm³/mol. The SMILES string of the molecule is C=C1CCCc2ccccc21.C=CCO.CC. The van der Waals surface area contributed by atoms with E-state index in [1.807, 2.05) is 13.8 Å². The van der Waals surface area contributed by atoms with Crippen LogP contribution >= 0.6 is 0 Å². The molecule has 17 heavy (non-hydrogen) atoms. The highest BCUT2D eigenvalue weighted by atomic mass is 16.2. The molecule has 0 atom stereocenters. The zero-order chi connectivity index (χ0) is 13.1. The number of aliphatic hydroxyl groups is 1. The van der Waals surface area contributed by atoms with Crippen molar-refractivity contribution < 1.29 is 5.11 Å². The molecule has 1 aromatic carbocycles. The number of hydrogen-bond donors (Lipinski definition) is 1. The molecule has 2 rings (SSSR count). The van der Waals surface area contributed by atoms with Crippen molar-refractivity contribution in [3.63, 3.8) is 0 Å². The van der Waals surface area contributed by atoms with Crippen molar-refractivity contribution in [2.45, 2.75) is 33.1 Å². The zero-order valence-corrected chi connectivity index (χ0v) is 11.1. The zero-order valence-electron chi connectivity index (χ0n) is 11.1. The lowest BCUT2D eigenvalue weighted by Crippen LogP contribution is -1.99. The Balaban J connectivity index is 0.000000368. The van der Waals surface area contributed by atoms with E-state index < -0.39 is 0 Å². The Labute approximate surface area is 106 Å². The summed E-state index contributed by atoms with van der Waals surface area (Å²) < 4.78 is 0. The number of fused-ring (bicyclic) bond motifs is 1. The lowest BCUT2D eigenvalue weighted by molar-refractivity contribution is 0.343. The van der Waals surface area contributed by atoms with Crippen LogP contribution < -0.4 is 0 Å². The van der Waals surface area contributed by atoms with Gasteiger partial charge in [-0.3, -0.25) is 0 Å². The standard InChI is InChI=1S/C11H12.C3H6O.C2H6/c1-9-5-4-7-10-6-2-3-8-11(9)10;1-2-3-4;1-2/h2-3,6,8H,1,4-5,7H2;2,4H,1,3H2;1-2H3. The summed E-state index contributed by atoms with van der Waals surface area (Å²) in [6.07, 6.45) is 5.11. The van der Waals surface area contributed by atoms with E-state index in [-0.39, 0.29) is 6.61 Å². The lowest BCUT2D eigenvalue weighted by atomic mass is 9.88. The van der Waals surface area contributed by atoms with Crippen LogP contribution in [0.25, 0.3) is 5.57 Å². The van der Waals surface area contributed by atoms with Gasteiger partial charge in [0.05, 0.1) is 6.61 Å². The van der Waals surface area contributed by atoms with Crippen LogP contribution in [0.3, 0.4) is 0 Å². The molecule has 1 aromatic rings. The number of benzene rings is 1. The highest BCUT2D eigenvalue weighted by Gasteiger charge is 2.10. The minimum Gasteiger partial charge on any atom is -0.392 e. The Bertz CT molecular complexity index is 339. The van der Waals surface area contributed by atoms with E-state index in [0.717, 1.165) is 0 Å². The number of rotatable bonds is 1. The molecule has 0 amide bonds. The van der Waals surface area contributed by atoms with E-state index in [1.165, 1.54) is 42.0 Å². The van der Waals surface area contributed by atoms with E-state index in [0.29, 0.717) is 0 Å². The number of aliphatic hydroxyl groups excluding tert-OH is 1. The fourth-order valence-corrected chi connectivity index (χ4v) is 1.71. The summed E-state index contributed by atoms with van der Waals surface area (Å²) in [7, 11) is 0. The second-order valence-corrected chi connectivity index (χ2v) is 3.59. The number of hydrogen-bond acceptors (Lipinski definition) is 1. The van der Waals surface area contributed by atoms with Crippen molar-refractivity contribution in [3.8, 4) is 0 Å². The quantitative estimate of drug-likeness (QED) is 0.718. The van der Waals surface area contributed by atoms with Gasteiger partial charge in [0.1, 0.15) is 0 Å². The highest BCUT2D eigenvalue weighted by molar-refractivity contribution is 5.67. The summed E-state index contributed by atoms with van der Waals surface area (Å²) in [5.74, 6) is 0. The molecule has 0 aromatic heterocycles. The Morgan fingerprint density at radius 3 is 2.35 bits per heavy atom. The van der Waals surface area contributed by atoms with Crippen molar-refractivity contribution in [2.75, 3.05) is 6.61 Å². The molecular weight excluding hydrogens is 208 g/mol. The van der Waals surface area contributed by atoms with Gasteiger partial charge < -0.3 is 5.11 Å². The van der Waals surface area contributed by atoms with Crippen LogP contribution in [-0.4, -0.2) is 11.7 Å². The Morgan fingerprint density at radius 1 is 1.24 bits per heavy atom. The molecule has 1 aliphatic rings. The smallest absolute Gasteiger partial charge is 0.0609 e. The third kappa shape index (κ3) is 5.50. The van der Waals surface area contributed by atoms with Crippen molar-refractivity contribution in [1.82, 2.24) is 0 Å². The summed E-state index contributed by atoms with van der Waals surface area (Å²) in [5.41, 5.74) is 4.18. The van der Waals surface area contributed by atoms with Crippen LogP contribution in [0.2, 0.25) is 0 Å². The van der Waals surface area contributed by atoms with Gasteiger partial charge in [-0.2, -0.15) is 0 Å². The van der Waals surface area contributed by atoms with Gasteiger partial charge in [-0.05, 0) is 36.0 Å². The van der Waals surface area contributed by atoms with Crippen LogP contribution in [0.15, 0.2) is 43.5 Å². The van der Waals surface area contributed by atoms with Crippen LogP contribution in [0.1, 0.15) is 37.8 Å². The summed E-state index contributed by atoms with van der Waals surface area (Å²) in [4.78, 5) is 0. The molecule has 1 aliphatic carbocycles. The third-order valence-corrected chi connectivity index (χ3v) is 2.45. The second-order valence-electron chi connectivity index (χ2n) is 3.59. The predicted octanol–water partition coefficient (Wildman–Crippen LogP) is 4.23. The van der Waals surface area contributed by atoms with Crippen LogP contribution in [0, 0.1) is 0 Å². The van der Waals surface area contributed by atoms with Crippen molar-refractivity contribution in [2.24, 2.45) is 0 Å². The van der Waals surface area contributed by atoms with E-state index in [4.69, 9.17) is 5.11 Å². The van der Waals surface area contributed by atoms with Crippen LogP contribution in [-0.2, 0) is 6.42 Å². The molecule has 0 aliphatic heterocycles. The van der Waals surface area contributed by atoms with Gasteiger partial charge in [0.15, 0.2) is 0 Å². The molecule has 0 heterocycles. The van der Waals surface area contributed by atoms with Gasteiger partial charge >= 0.3 is 0 Å². The first-order chi connectivity index (χ1) is 8.29. The molecule has 1 N–H and O–H groups in total. The Kier molecular flexibility index (Phi) is 9.08. The van der Waals surface area contributed by atoms with Gasteiger partial charge in [-0.1, -0.05) is 50.8 Å². The Hall–Kier alpha value is -1.34. The maximum absolute atomic E-state index is 7.76. The van der Waals surface area contributed by atoms with E-state index in [9.17, 15) is 0 Å². The van der Waals surface area contributed by atoms with E-state index in [1.54, 1.807) is 0 Å². The van der Waals surface area contributed by atoms with Crippen molar-refractivity contribution in [3.05, 3.63) is 54.6 Å². The molecule has 1 heteroatoms. The normalized spacial score (nSPS) is 12.3. The van der Waals surface area contributed by atoms with Crippen molar-refractivity contribution in [1.29, 1.82) is 0 Å². The molecule has 1 nitrogen and oxygen atoms in total. The summed E-state index contributed by atoms with van der Waals surface area (Å²) in [6.45, 7) is 11.4. The lowest BCUT2D eigenvalue weighted by Gasteiger charge is -2.16. The maximum Gasteiger partial charge on any atom is 0.0609 e. The first-order valence-electron chi connectivity index (χ1n) is 6.27. The molecule has 0 spiro atoms. The van der Waals surface area contributed by atoms with Gasteiger partial charge in [0.2, 0.25) is 0 Å². The van der Waals surface area contributed by atoms with Gasteiger partial charge in [0, 0.05) is 0 Å². The average molecular weight is 232 g/mol. The Morgan fingerprint density at radius 2 is 1.82 bits per heavy atom. The minimum absolute atomic E-state index is 0.0833. The number of allylic oxidation sites excluding steroid dienone is 1. The van der Waals surface area contributed by atoms with Gasteiger partial charge in [0.25, 0.3) is 0 Å². The molecule has 0 radical (unpaired) electrons. The summed E-state index contributed by atoms with van der Waals surface area (Å²) in [5, 5.41) is 7.76. The molecule has 94 valence electrons. The fourth-order valence-electron chi connectivity index (χ4n) is 1.71. The summed E-state index contributed by atoms with van der Waals surface area (Å²) >= 11 is 0. The molecule has 0 bridgehead atoms. The van der Waals surface area contributed by atoms with E-state index >= 15 is 0 Å². The summed E-state index contributed by atoms with van der Waals surface area (Å²) in [6, 6.07) is 8.59. The first kappa shape index (κ1) is 15.7. The third-order valence-electron chi connectivity index (χ3n) is 2.45. The topological polar surface area (TPSA) is 20.2 Å². The minimum atomic E-state index is 0.0833. The number of aryl methyl sites for hydroxylation is 1. The van der Waals surface area contributed by atoms with Crippen molar-refractivity contribution >= 4 is 5.57 Å². The molecule has 0 saturated heterocycles. The fraction of sp³-hybridized carbons (Fsp3) is 0.375. The second kappa shape index (κ2) is 9.86. The van der Waals surface area contributed by atoms with E-state index in [2.05, 4.69) is 37.4 Å². The molecule has 0 unspecified atom stereocenters. The van der Waals surface area contributed by atoms with Crippen LogP contribution in [0.5, 0.6) is 0 Å². The maximum atomic E-state index is 7.76. The van der Waals surface area contributed by atoms with Gasteiger partial charge in [-0.15, -0.1) is 6.58 Å². The van der Waals surface area contributed by atoms with Crippen LogP contribution in [0.4, 0.5) is 0 Å². The molecular formula is C16H24O. The molecule has 0 fully saturated rings. The first-order valence-corrected chi connectivity index (χ1v) is 6.27. The average Bonchev–Trinajstić information content (AvgIpc) is 2.42. The van der Waals surface area contributed by atoms with Gasteiger partial charge in [-0.25, -0.2) is 0 Å². The monoisotopic (exact) mass is 232 g/mol. The molecule has 0 saturated carbocycles. The largest absolute Gasteiger partial charge is 0.392 e.